The van der Waals surface area contributed by atoms with Crippen molar-refractivity contribution in [3.05, 3.63) is 41.1 Å². The van der Waals surface area contributed by atoms with E-state index in [0.717, 1.165) is 11.3 Å². The van der Waals surface area contributed by atoms with Crippen LogP contribution >= 0.6 is 0 Å². The third-order valence-corrected chi connectivity index (χ3v) is 3.86. The van der Waals surface area contributed by atoms with Crippen LogP contribution in [0.4, 0.5) is 0 Å². The van der Waals surface area contributed by atoms with E-state index in [-0.39, 0.29) is 17.7 Å². The molecule has 3 rings (SSSR count). The molecular weight excluding hydrogens is 296 g/mol. The van der Waals surface area contributed by atoms with Gasteiger partial charge in [0.25, 0.3) is 5.91 Å². The topological polar surface area (TPSA) is 73.6 Å². The lowest BCUT2D eigenvalue weighted by Gasteiger charge is -2.26. The summed E-state index contributed by atoms with van der Waals surface area (Å²) >= 11 is 0. The summed E-state index contributed by atoms with van der Waals surface area (Å²) in [6.45, 7) is 4.11. The molecule has 0 saturated heterocycles. The van der Waals surface area contributed by atoms with Crippen molar-refractivity contribution < 1.29 is 18.7 Å². The van der Waals surface area contributed by atoms with Crippen molar-refractivity contribution in [2.45, 2.75) is 32.7 Å². The first-order chi connectivity index (χ1) is 11.1. The number of nitrogens with zero attached hydrogens (tertiary/aromatic N) is 1. The van der Waals surface area contributed by atoms with Crippen LogP contribution in [-0.2, 0) is 12.8 Å². The number of fused-ring (bicyclic) bond motifs is 1. The van der Waals surface area contributed by atoms with Crippen LogP contribution in [0.1, 0.15) is 34.6 Å². The van der Waals surface area contributed by atoms with Crippen molar-refractivity contribution in [1.82, 2.24) is 10.3 Å². The lowest BCUT2D eigenvalue weighted by molar-refractivity contribution is 0.0884. The number of nitrogens with one attached hydrogen (secondary N) is 1. The van der Waals surface area contributed by atoms with Crippen LogP contribution in [0.2, 0.25) is 0 Å². The molecule has 0 radical (unpaired) electrons. The summed E-state index contributed by atoms with van der Waals surface area (Å²) in [6.07, 6.45) is 1.35. The lowest BCUT2D eigenvalue weighted by atomic mass is 10.0. The summed E-state index contributed by atoms with van der Waals surface area (Å²) in [6, 6.07) is 5.64. The highest BCUT2D eigenvalue weighted by Gasteiger charge is 2.26. The monoisotopic (exact) mass is 316 g/mol. The van der Waals surface area contributed by atoms with Crippen molar-refractivity contribution >= 4 is 5.91 Å². The molecule has 0 unspecified atom stereocenters. The maximum Gasteiger partial charge on any atom is 0.289 e. The summed E-state index contributed by atoms with van der Waals surface area (Å²) in [5, 5.41) is 2.95. The highest BCUT2D eigenvalue weighted by molar-refractivity contribution is 5.92. The standard InChI is InChI=1S/C17H20N2O4/c1-4-14-18-10(2)15(23-14)17(20)19-12-8-11-6-5-7-13(21-3)16(11)22-9-12/h5-7,12H,4,8-9H2,1-3H3,(H,19,20)/t12-/m1/s1. The van der Waals surface area contributed by atoms with Crippen LogP contribution in [0, 0.1) is 6.92 Å². The second kappa shape index (κ2) is 6.32. The third-order valence-electron chi connectivity index (χ3n) is 3.86. The number of carbonyl (C=O) groups is 1. The van der Waals surface area contributed by atoms with E-state index in [2.05, 4.69) is 10.3 Å². The summed E-state index contributed by atoms with van der Waals surface area (Å²) in [4.78, 5) is 16.6. The zero-order valence-corrected chi connectivity index (χ0v) is 13.5. The number of oxazole rings is 1. The molecule has 0 aliphatic carbocycles. The van der Waals surface area contributed by atoms with E-state index in [1.807, 2.05) is 25.1 Å². The SMILES string of the molecule is CCc1nc(C)c(C(=O)N[C@H]2COc3c(cccc3OC)C2)o1. The van der Waals surface area contributed by atoms with E-state index in [0.29, 0.717) is 36.8 Å². The minimum absolute atomic E-state index is 0.114. The number of methoxy groups -OCH3 is 1. The second-order valence-electron chi connectivity index (χ2n) is 5.51. The Balaban J connectivity index is 1.72. The van der Waals surface area contributed by atoms with Gasteiger partial charge in [-0.15, -0.1) is 0 Å². The smallest absolute Gasteiger partial charge is 0.289 e. The molecule has 0 bridgehead atoms. The van der Waals surface area contributed by atoms with E-state index >= 15 is 0 Å². The number of ether oxygens (including phenoxy) is 2. The highest BCUT2D eigenvalue weighted by atomic mass is 16.5. The Morgan fingerprint density at radius 3 is 3.00 bits per heavy atom. The number of rotatable bonds is 4. The Morgan fingerprint density at radius 1 is 1.48 bits per heavy atom. The van der Waals surface area contributed by atoms with Crippen molar-refractivity contribution in [1.29, 1.82) is 0 Å². The molecule has 2 aromatic rings. The van der Waals surface area contributed by atoms with E-state index in [1.54, 1.807) is 14.0 Å². The Labute approximate surface area is 134 Å². The molecule has 1 atom stereocenters. The Kier molecular flexibility index (Phi) is 4.23. The second-order valence-corrected chi connectivity index (χ2v) is 5.51. The lowest BCUT2D eigenvalue weighted by Crippen LogP contribution is -2.42. The summed E-state index contributed by atoms with van der Waals surface area (Å²) in [5.74, 6) is 2.06. The van der Waals surface area contributed by atoms with E-state index in [1.165, 1.54) is 0 Å². The number of carbonyl (C=O) groups excluding carboxylic acids is 1. The predicted octanol–water partition coefficient (Wildman–Crippen LogP) is 2.29. The molecule has 0 fully saturated rings. The minimum Gasteiger partial charge on any atom is -0.493 e. The van der Waals surface area contributed by atoms with Gasteiger partial charge < -0.3 is 19.2 Å². The van der Waals surface area contributed by atoms with E-state index in [4.69, 9.17) is 13.9 Å². The van der Waals surface area contributed by atoms with Gasteiger partial charge in [0.2, 0.25) is 5.76 Å². The maximum absolute atomic E-state index is 12.4. The minimum atomic E-state index is -0.255. The molecule has 1 aliphatic heterocycles. The quantitative estimate of drug-likeness (QED) is 0.937. The zero-order valence-electron chi connectivity index (χ0n) is 13.5. The molecule has 1 aromatic carbocycles. The first kappa shape index (κ1) is 15.4. The first-order valence-electron chi connectivity index (χ1n) is 7.68. The van der Waals surface area contributed by atoms with Gasteiger partial charge >= 0.3 is 0 Å². The number of amides is 1. The normalized spacial score (nSPS) is 16.4. The Bertz CT molecular complexity index is 723. The molecule has 2 heterocycles. The number of aromatic nitrogens is 1. The molecule has 0 saturated carbocycles. The fourth-order valence-corrected chi connectivity index (χ4v) is 2.71. The van der Waals surface area contributed by atoms with Crippen molar-refractivity contribution in [3.8, 4) is 11.5 Å². The van der Waals surface area contributed by atoms with Gasteiger partial charge in [0, 0.05) is 12.0 Å². The molecule has 122 valence electrons. The van der Waals surface area contributed by atoms with Gasteiger partial charge in [-0.1, -0.05) is 19.1 Å². The van der Waals surface area contributed by atoms with Gasteiger partial charge in [-0.05, 0) is 19.4 Å². The van der Waals surface area contributed by atoms with Crippen LogP contribution in [-0.4, -0.2) is 30.6 Å². The number of para-hydroxylation sites is 1. The van der Waals surface area contributed by atoms with Gasteiger partial charge in [-0.2, -0.15) is 0 Å². The van der Waals surface area contributed by atoms with Crippen LogP contribution in [0.25, 0.3) is 0 Å². The van der Waals surface area contributed by atoms with Crippen molar-refractivity contribution in [2.75, 3.05) is 13.7 Å². The molecule has 1 aliphatic rings. The number of aryl methyl sites for hydroxylation is 2. The largest absolute Gasteiger partial charge is 0.493 e. The molecule has 0 spiro atoms. The maximum atomic E-state index is 12.4. The molecule has 1 amide bonds. The van der Waals surface area contributed by atoms with E-state index < -0.39 is 0 Å². The fourth-order valence-electron chi connectivity index (χ4n) is 2.71. The number of hydrogen-bond donors (Lipinski definition) is 1. The fraction of sp³-hybridized carbons (Fsp3) is 0.412. The molecular formula is C17H20N2O4. The van der Waals surface area contributed by atoms with Crippen LogP contribution in [0.5, 0.6) is 11.5 Å². The van der Waals surface area contributed by atoms with Crippen LogP contribution in [0.3, 0.4) is 0 Å². The predicted molar refractivity (Wildman–Crippen MR) is 84.1 cm³/mol. The van der Waals surface area contributed by atoms with Gasteiger partial charge in [-0.25, -0.2) is 4.98 Å². The number of benzene rings is 1. The highest BCUT2D eigenvalue weighted by Crippen LogP contribution is 2.34. The number of hydrogen-bond acceptors (Lipinski definition) is 5. The Morgan fingerprint density at radius 2 is 2.30 bits per heavy atom. The van der Waals surface area contributed by atoms with Crippen LogP contribution < -0.4 is 14.8 Å². The van der Waals surface area contributed by atoms with Crippen LogP contribution in [0.15, 0.2) is 22.6 Å². The van der Waals surface area contributed by atoms with Gasteiger partial charge in [0.05, 0.1) is 18.8 Å². The summed E-state index contributed by atoms with van der Waals surface area (Å²) in [7, 11) is 1.62. The average Bonchev–Trinajstić information content (AvgIpc) is 2.95. The van der Waals surface area contributed by atoms with Crippen molar-refractivity contribution in [3.63, 3.8) is 0 Å². The van der Waals surface area contributed by atoms with Gasteiger partial charge in [0.15, 0.2) is 17.4 Å². The molecule has 1 aromatic heterocycles. The first-order valence-corrected chi connectivity index (χ1v) is 7.68. The molecule has 1 N–H and O–H groups in total. The van der Waals surface area contributed by atoms with Gasteiger partial charge in [0.1, 0.15) is 6.61 Å². The molecule has 6 nitrogen and oxygen atoms in total. The summed E-state index contributed by atoms with van der Waals surface area (Å²) < 4.78 is 16.5. The summed E-state index contributed by atoms with van der Waals surface area (Å²) in [5.41, 5.74) is 1.63. The van der Waals surface area contributed by atoms with Gasteiger partial charge in [-0.3, -0.25) is 4.79 Å². The Hall–Kier alpha value is -2.50. The molecule has 23 heavy (non-hydrogen) atoms. The van der Waals surface area contributed by atoms with Crippen molar-refractivity contribution in [2.24, 2.45) is 0 Å². The third kappa shape index (κ3) is 3.02. The zero-order chi connectivity index (χ0) is 16.4. The average molecular weight is 316 g/mol. The molecule has 6 heteroatoms. The van der Waals surface area contributed by atoms with E-state index in [9.17, 15) is 4.79 Å².